The van der Waals surface area contributed by atoms with Gasteiger partial charge in [0.2, 0.25) is 0 Å². The molecular weight excluding hydrogens is 238 g/mol. The maximum Gasteiger partial charge on any atom is 0.272 e. The molecule has 0 spiro atoms. The van der Waals surface area contributed by atoms with Gasteiger partial charge in [0.25, 0.3) is 5.56 Å². The molecule has 4 heteroatoms. The lowest BCUT2D eigenvalue weighted by molar-refractivity contribution is 0.237. The van der Waals surface area contributed by atoms with Crippen molar-refractivity contribution in [1.82, 2.24) is 10.2 Å². The van der Waals surface area contributed by atoms with Gasteiger partial charge in [-0.05, 0) is 31.2 Å². The van der Waals surface area contributed by atoms with Crippen molar-refractivity contribution in [2.24, 2.45) is 11.7 Å². The Hall–Kier alpha value is -1.68. The smallest absolute Gasteiger partial charge is 0.272 e. The van der Waals surface area contributed by atoms with Crippen molar-refractivity contribution in [2.45, 2.75) is 38.1 Å². The molecule has 1 aromatic carbocycles. The molecule has 1 fully saturated rings. The van der Waals surface area contributed by atoms with E-state index in [0.717, 1.165) is 35.7 Å². The largest absolute Gasteiger partial charge is 0.328 e. The fourth-order valence-electron chi connectivity index (χ4n) is 3.10. The summed E-state index contributed by atoms with van der Waals surface area (Å²) in [5.41, 5.74) is 6.71. The standard InChI is InChI=1S/C15H19N3O/c1-9(6-10-7-11(16)8-10)14-12-4-2-3-5-13(12)15(19)18-17-14/h2-5,9-11H,6-8,16H2,1H3,(H,18,19)/t9-,10?,11?/m0/s1. The Kier molecular flexibility index (Phi) is 3.11. The van der Waals surface area contributed by atoms with Crippen molar-refractivity contribution in [2.75, 3.05) is 0 Å². The lowest BCUT2D eigenvalue weighted by atomic mass is 9.75. The lowest BCUT2D eigenvalue weighted by Crippen LogP contribution is -2.36. The van der Waals surface area contributed by atoms with Gasteiger partial charge in [-0.3, -0.25) is 4.79 Å². The molecule has 2 aromatic rings. The molecule has 0 bridgehead atoms. The summed E-state index contributed by atoms with van der Waals surface area (Å²) in [6.45, 7) is 2.18. The third-order valence-electron chi connectivity index (χ3n) is 4.15. The van der Waals surface area contributed by atoms with Gasteiger partial charge in [0.15, 0.2) is 0 Å². The number of nitrogens with two attached hydrogens (primary N) is 1. The predicted octanol–water partition coefficient (Wildman–Crippen LogP) is 2.15. The monoisotopic (exact) mass is 257 g/mol. The van der Waals surface area contributed by atoms with Crippen LogP contribution in [0, 0.1) is 5.92 Å². The highest BCUT2D eigenvalue weighted by atomic mass is 16.1. The zero-order valence-electron chi connectivity index (χ0n) is 11.1. The van der Waals surface area contributed by atoms with Crippen molar-refractivity contribution >= 4 is 10.8 Å². The topological polar surface area (TPSA) is 71.8 Å². The summed E-state index contributed by atoms with van der Waals surface area (Å²) in [6, 6.07) is 8.06. The number of aromatic amines is 1. The van der Waals surface area contributed by atoms with Gasteiger partial charge < -0.3 is 5.73 Å². The van der Waals surface area contributed by atoms with Crippen molar-refractivity contribution < 1.29 is 0 Å². The van der Waals surface area contributed by atoms with E-state index in [2.05, 4.69) is 17.1 Å². The minimum Gasteiger partial charge on any atom is -0.328 e. The zero-order chi connectivity index (χ0) is 13.4. The summed E-state index contributed by atoms with van der Waals surface area (Å²) in [7, 11) is 0. The van der Waals surface area contributed by atoms with E-state index >= 15 is 0 Å². The number of aromatic nitrogens is 2. The zero-order valence-corrected chi connectivity index (χ0v) is 11.1. The van der Waals surface area contributed by atoms with E-state index in [9.17, 15) is 4.79 Å². The summed E-state index contributed by atoms with van der Waals surface area (Å²) >= 11 is 0. The molecule has 1 aromatic heterocycles. The maximum absolute atomic E-state index is 11.8. The highest BCUT2D eigenvalue weighted by molar-refractivity contribution is 5.83. The van der Waals surface area contributed by atoms with Gasteiger partial charge in [-0.25, -0.2) is 5.10 Å². The first-order chi connectivity index (χ1) is 9.15. The van der Waals surface area contributed by atoms with E-state index in [0.29, 0.717) is 17.9 Å². The molecule has 4 nitrogen and oxygen atoms in total. The van der Waals surface area contributed by atoms with Gasteiger partial charge in [0.1, 0.15) is 0 Å². The maximum atomic E-state index is 11.8. The number of hydrogen-bond acceptors (Lipinski definition) is 3. The molecule has 0 unspecified atom stereocenters. The number of hydrogen-bond donors (Lipinski definition) is 2. The van der Waals surface area contributed by atoms with Crippen LogP contribution < -0.4 is 11.3 Å². The van der Waals surface area contributed by atoms with Crippen molar-refractivity contribution in [1.29, 1.82) is 0 Å². The minimum absolute atomic E-state index is 0.114. The Labute approximate surface area is 112 Å². The van der Waals surface area contributed by atoms with Crippen LogP contribution in [0.25, 0.3) is 10.8 Å². The van der Waals surface area contributed by atoms with Gasteiger partial charge >= 0.3 is 0 Å². The molecule has 19 heavy (non-hydrogen) atoms. The normalized spacial score (nSPS) is 24.1. The molecule has 1 aliphatic rings. The fourth-order valence-corrected chi connectivity index (χ4v) is 3.10. The third kappa shape index (κ3) is 2.28. The van der Waals surface area contributed by atoms with Crippen LogP contribution in [0.3, 0.4) is 0 Å². The SMILES string of the molecule is C[C@@H](CC1CC(N)C1)c1n[nH]c(=O)c2ccccc12. The molecular formula is C15H19N3O. The number of benzene rings is 1. The van der Waals surface area contributed by atoms with E-state index in [1.165, 1.54) is 0 Å². The van der Waals surface area contributed by atoms with Crippen LogP contribution in [0.15, 0.2) is 29.1 Å². The lowest BCUT2D eigenvalue weighted by Gasteiger charge is -2.34. The summed E-state index contributed by atoms with van der Waals surface area (Å²) in [5, 5.41) is 8.58. The average molecular weight is 257 g/mol. The molecule has 0 aliphatic heterocycles. The Morgan fingerprint density at radius 3 is 2.74 bits per heavy atom. The van der Waals surface area contributed by atoms with Crippen LogP contribution in [-0.4, -0.2) is 16.2 Å². The van der Waals surface area contributed by atoms with Crippen LogP contribution in [0.1, 0.15) is 37.8 Å². The molecule has 0 saturated heterocycles. The van der Waals surface area contributed by atoms with Gasteiger partial charge in [0, 0.05) is 17.3 Å². The number of nitrogens with one attached hydrogen (secondary N) is 1. The molecule has 1 atom stereocenters. The number of rotatable bonds is 3. The van der Waals surface area contributed by atoms with Crippen LogP contribution in [0.2, 0.25) is 0 Å². The van der Waals surface area contributed by atoms with Crippen LogP contribution in [0.4, 0.5) is 0 Å². The minimum atomic E-state index is -0.114. The van der Waals surface area contributed by atoms with E-state index in [4.69, 9.17) is 5.73 Å². The average Bonchev–Trinajstić information content (AvgIpc) is 2.37. The Balaban J connectivity index is 1.92. The third-order valence-corrected chi connectivity index (χ3v) is 4.15. The molecule has 3 N–H and O–H groups in total. The van der Waals surface area contributed by atoms with Crippen molar-refractivity contribution in [3.63, 3.8) is 0 Å². The Morgan fingerprint density at radius 2 is 2.05 bits per heavy atom. The van der Waals surface area contributed by atoms with Gasteiger partial charge in [-0.2, -0.15) is 5.10 Å². The van der Waals surface area contributed by atoms with Crippen LogP contribution >= 0.6 is 0 Å². The summed E-state index contributed by atoms with van der Waals surface area (Å²) in [6.07, 6.45) is 3.33. The molecule has 0 amide bonds. The first-order valence-corrected chi connectivity index (χ1v) is 6.88. The Bertz CT molecular complexity index is 643. The van der Waals surface area contributed by atoms with Gasteiger partial charge in [-0.15, -0.1) is 0 Å². The Morgan fingerprint density at radius 1 is 1.37 bits per heavy atom. The molecule has 0 radical (unpaired) electrons. The highest BCUT2D eigenvalue weighted by Crippen LogP contribution is 2.35. The summed E-state index contributed by atoms with van der Waals surface area (Å²) < 4.78 is 0. The van der Waals surface area contributed by atoms with Gasteiger partial charge in [-0.1, -0.05) is 25.1 Å². The molecule has 1 heterocycles. The predicted molar refractivity (Wildman–Crippen MR) is 76.1 cm³/mol. The van der Waals surface area contributed by atoms with E-state index in [1.54, 1.807) is 0 Å². The van der Waals surface area contributed by atoms with E-state index in [-0.39, 0.29) is 5.56 Å². The second-order valence-corrected chi connectivity index (χ2v) is 5.72. The van der Waals surface area contributed by atoms with E-state index < -0.39 is 0 Å². The molecule has 1 saturated carbocycles. The molecule has 100 valence electrons. The van der Waals surface area contributed by atoms with Crippen molar-refractivity contribution in [3.05, 3.63) is 40.3 Å². The number of nitrogens with zero attached hydrogens (tertiary/aromatic N) is 1. The fraction of sp³-hybridized carbons (Fsp3) is 0.467. The quantitative estimate of drug-likeness (QED) is 0.885. The van der Waals surface area contributed by atoms with E-state index in [1.807, 2.05) is 24.3 Å². The second kappa shape index (κ2) is 4.78. The number of H-pyrrole nitrogens is 1. The first kappa shape index (κ1) is 12.4. The van der Waals surface area contributed by atoms with Gasteiger partial charge in [0.05, 0.1) is 11.1 Å². The summed E-state index contributed by atoms with van der Waals surface area (Å²) in [4.78, 5) is 11.8. The summed E-state index contributed by atoms with van der Waals surface area (Å²) in [5.74, 6) is 1.05. The first-order valence-electron chi connectivity index (χ1n) is 6.88. The number of fused-ring (bicyclic) bond motifs is 1. The second-order valence-electron chi connectivity index (χ2n) is 5.72. The van der Waals surface area contributed by atoms with Crippen LogP contribution in [0.5, 0.6) is 0 Å². The molecule has 3 rings (SSSR count). The molecule has 1 aliphatic carbocycles. The van der Waals surface area contributed by atoms with Crippen molar-refractivity contribution in [3.8, 4) is 0 Å². The van der Waals surface area contributed by atoms with Crippen LogP contribution in [-0.2, 0) is 0 Å². The highest BCUT2D eigenvalue weighted by Gasteiger charge is 2.28.